The molecule has 0 amide bonds. The second kappa shape index (κ2) is 4.67. The summed E-state index contributed by atoms with van der Waals surface area (Å²) in [5, 5.41) is 10.4. The zero-order chi connectivity index (χ0) is 13.3. The van der Waals surface area contributed by atoms with Crippen LogP contribution in [-0.2, 0) is 15.3 Å². The molecular weight excluding hydrogens is 262 g/mol. The summed E-state index contributed by atoms with van der Waals surface area (Å²) in [5.74, 6) is -1.35. The number of anilines is 1. The van der Waals surface area contributed by atoms with Crippen molar-refractivity contribution in [3.63, 3.8) is 0 Å². The number of thiol groups is 1. The number of carbonyl (C=O) groups is 1. The van der Waals surface area contributed by atoms with Gasteiger partial charge in [0.25, 0.3) is 11.0 Å². The topological polar surface area (TPSA) is 97.0 Å². The van der Waals surface area contributed by atoms with E-state index < -0.39 is 17.0 Å². The Hall–Kier alpha value is -2.06. The average Bonchev–Trinajstić information content (AvgIpc) is 2.70. The van der Waals surface area contributed by atoms with Crippen LogP contribution in [0.3, 0.4) is 0 Å². The van der Waals surface area contributed by atoms with Gasteiger partial charge in [-0.1, -0.05) is 0 Å². The van der Waals surface area contributed by atoms with E-state index in [1.54, 1.807) is 12.1 Å². The van der Waals surface area contributed by atoms with Crippen LogP contribution >= 0.6 is 0 Å². The van der Waals surface area contributed by atoms with Crippen LogP contribution < -0.4 is 5.06 Å². The standard InChI is InChI=1S/C10H9NO6S/c1-11(17-18(14)15)7-2-3-8-6(4-7)5-9(16-8)10(12)13/h2-5,18H,1H3,(H,12,13). The van der Waals surface area contributed by atoms with Crippen molar-refractivity contribution in [3.05, 3.63) is 30.0 Å². The molecule has 0 aliphatic rings. The van der Waals surface area contributed by atoms with Crippen LogP contribution in [0.4, 0.5) is 5.69 Å². The number of furan rings is 1. The van der Waals surface area contributed by atoms with Crippen molar-refractivity contribution in [2.24, 2.45) is 0 Å². The van der Waals surface area contributed by atoms with Gasteiger partial charge >= 0.3 is 5.97 Å². The molecule has 0 aliphatic carbocycles. The molecule has 0 radical (unpaired) electrons. The summed E-state index contributed by atoms with van der Waals surface area (Å²) >= 11 is 0. The van der Waals surface area contributed by atoms with E-state index in [2.05, 4.69) is 4.28 Å². The molecule has 0 fully saturated rings. The van der Waals surface area contributed by atoms with Gasteiger partial charge < -0.3 is 9.52 Å². The van der Waals surface area contributed by atoms with Gasteiger partial charge in [-0.2, -0.15) is 4.28 Å². The van der Waals surface area contributed by atoms with Crippen LogP contribution in [0.25, 0.3) is 11.0 Å². The maximum Gasteiger partial charge on any atom is 0.371 e. The van der Waals surface area contributed by atoms with E-state index in [4.69, 9.17) is 9.52 Å². The lowest BCUT2D eigenvalue weighted by atomic mass is 10.2. The van der Waals surface area contributed by atoms with E-state index in [1.807, 2.05) is 0 Å². The zero-order valence-corrected chi connectivity index (χ0v) is 10.1. The van der Waals surface area contributed by atoms with Gasteiger partial charge in [0.1, 0.15) is 5.58 Å². The summed E-state index contributed by atoms with van der Waals surface area (Å²) in [6, 6.07) is 6.00. The number of fused-ring (bicyclic) bond motifs is 1. The molecule has 0 aliphatic heterocycles. The van der Waals surface area contributed by atoms with Crippen molar-refractivity contribution in [2.45, 2.75) is 0 Å². The molecule has 8 heteroatoms. The lowest BCUT2D eigenvalue weighted by Crippen LogP contribution is -2.16. The highest BCUT2D eigenvalue weighted by Gasteiger charge is 2.12. The van der Waals surface area contributed by atoms with Gasteiger partial charge in [-0.3, -0.25) is 0 Å². The van der Waals surface area contributed by atoms with Gasteiger partial charge in [0.05, 0.1) is 5.69 Å². The Bertz CT molecular complexity index is 666. The minimum Gasteiger partial charge on any atom is -0.475 e. The lowest BCUT2D eigenvalue weighted by Gasteiger charge is -2.13. The van der Waals surface area contributed by atoms with Crippen molar-refractivity contribution in [3.8, 4) is 0 Å². The van der Waals surface area contributed by atoms with Gasteiger partial charge in [0.2, 0.25) is 5.76 Å². The van der Waals surface area contributed by atoms with Crippen LogP contribution in [0.15, 0.2) is 28.7 Å². The predicted octanol–water partition coefficient (Wildman–Crippen LogP) is 1.03. The third-order valence-corrected chi connectivity index (χ3v) is 2.64. The van der Waals surface area contributed by atoms with Gasteiger partial charge in [-0.05, 0) is 24.3 Å². The molecule has 18 heavy (non-hydrogen) atoms. The Morgan fingerprint density at radius 1 is 1.39 bits per heavy atom. The van der Waals surface area contributed by atoms with Crippen molar-refractivity contribution >= 4 is 33.6 Å². The summed E-state index contributed by atoms with van der Waals surface area (Å²) in [6.45, 7) is 0. The Balaban J connectivity index is 2.40. The van der Waals surface area contributed by atoms with Gasteiger partial charge in [0.15, 0.2) is 0 Å². The van der Waals surface area contributed by atoms with Crippen molar-refractivity contribution < 1.29 is 27.0 Å². The fourth-order valence-corrected chi connectivity index (χ4v) is 1.77. The molecule has 1 heterocycles. The Labute approximate surface area is 103 Å². The average molecular weight is 271 g/mol. The second-order valence-electron chi connectivity index (χ2n) is 3.44. The second-order valence-corrected chi connectivity index (χ2v) is 4.05. The first-order valence-corrected chi connectivity index (χ1v) is 5.90. The molecule has 0 unspecified atom stereocenters. The Morgan fingerprint density at radius 3 is 2.72 bits per heavy atom. The molecular formula is C10H9NO6S. The van der Waals surface area contributed by atoms with Crippen molar-refractivity contribution in [1.29, 1.82) is 0 Å². The Morgan fingerprint density at radius 2 is 2.11 bits per heavy atom. The molecule has 1 N–H and O–H groups in total. The summed E-state index contributed by atoms with van der Waals surface area (Å²) in [6.07, 6.45) is 0. The number of hydrogen-bond acceptors (Lipinski definition) is 6. The van der Waals surface area contributed by atoms with E-state index in [0.717, 1.165) is 5.06 Å². The molecule has 0 saturated heterocycles. The van der Waals surface area contributed by atoms with E-state index in [0.29, 0.717) is 16.7 Å². The SMILES string of the molecule is CN(O[SH](=O)=O)c1ccc2oc(C(=O)O)cc2c1. The minimum absolute atomic E-state index is 0.180. The number of carboxylic acids is 1. The molecule has 0 atom stereocenters. The minimum atomic E-state index is -3.00. The highest BCUT2D eigenvalue weighted by Crippen LogP contribution is 2.24. The lowest BCUT2D eigenvalue weighted by molar-refractivity contribution is 0.0665. The first-order chi connectivity index (χ1) is 8.47. The number of hydroxylamine groups is 1. The number of rotatable bonds is 4. The summed E-state index contributed by atoms with van der Waals surface area (Å²) in [5.41, 5.74) is 0.857. The highest BCUT2D eigenvalue weighted by atomic mass is 32.2. The molecule has 1 aromatic heterocycles. The van der Waals surface area contributed by atoms with Gasteiger partial charge in [0, 0.05) is 12.4 Å². The fourth-order valence-electron chi connectivity index (χ4n) is 1.48. The van der Waals surface area contributed by atoms with E-state index >= 15 is 0 Å². The van der Waals surface area contributed by atoms with Crippen molar-refractivity contribution in [2.75, 3.05) is 12.1 Å². The van der Waals surface area contributed by atoms with Crippen LogP contribution in [-0.4, -0.2) is 26.5 Å². The number of aromatic carboxylic acids is 1. The number of hydrogen-bond donors (Lipinski definition) is 2. The molecule has 2 aromatic rings. The summed E-state index contributed by atoms with van der Waals surface area (Å²) in [7, 11) is -1.58. The van der Waals surface area contributed by atoms with E-state index in [9.17, 15) is 13.2 Å². The smallest absolute Gasteiger partial charge is 0.371 e. The maximum absolute atomic E-state index is 10.7. The van der Waals surface area contributed by atoms with Crippen molar-refractivity contribution in [1.82, 2.24) is 0 Å². The summed E-state index contributed by atoms with van der Waals surface area (Å²) < 4.78 is 30.4. The third kappa shape index (κ3) is 2.44. The van der Waals surface area contributed by atoms with Crippen LogP contribution in [0.5, 0.6) is 0 Å². The quantitative estimate of drug-likeness (QED) is 0.633. The number of nitrogens with zero attached hydrogens (tertiary/aromatic N) is 1. The molecule has 0 saturated carbocycles. The maximum atomic E-state index is 10.7. The molecule has 7 nitrogen and oxygen atoms in total. The highest BCUT2D eigenvalue weighted by molar-refractivity contribution is 7.67. The fraction of sp³-hybridized carbons (Fsp3) is 0.100. The first-order valence-electron chi connectivity index (χ1n) is 4.80. The van der Waals surface area contributed by atoms with E-state index in [1.165, 1.54) is 19.2 Å². The number of benzene rings is 1. The van der Waals surface area contributed by atoms with Gasteiger partial charge in [-0.25, -0.2) is 18.3 Å². The number of carboxylic acid groups (broad SMARTS) is 1. The monoisotopic (exact) mass is 271 g/mol. The normalized spacial score (nSPS) is 11.0. The van der Waals surface area contributed by atoms with Crippen LogP contribution in [0, 0.1) is 0 Å². The first kappa shape index (κ1) is 12.4. The largest absolute Gasteiger partial charge is 0.475 e. The Kier molecular flexibility index (Phi) is 3.21. The van der Waals surface area contributed by atoms with Crippen LogP contribution in [0.1, 0.15) is 10.6 Å². The molecule has 0 spiro atoms. The van der Waals surface area contributed by atoms with Gasteiger partial charge in [-0.15, -0.1) is 0 Å². The van der Waals surface area contributed by atoms with Crippen LogP contribution in [0.2, 0.25) is 0 Å². The third-order valence-electron chi connectivity index (χ3n) is 2.26. The predicted molar refractivity (Wildman–Crippen MR) is 63.0 cm³/mol. The molecule has 0 bridgehead atoms. The molecule has 1 aromatic carbocycles. The summed E-state index contributed by atoms with van der Waals surface area (Å²) in [4.78, 5) is 10.7. The molecule has 2 rings (SSSR count). The zero-order valence-electron chi connectivity index (χ0n) is 9.19. The van der Waals surface area contributed by atoms with E-state index in [-0.39, 0.29) is 5.76 Å². The molecule has 96 valence electrons.